The molecule has 3 nitrogen and oxygen atoms in total. The third-order valence-electron chi connectivity index (χ3n) is 4.05. The van der Waals surface area contributed by atoms with E-state index in [0.717, 1.165) is 16.6 Å². The number of allylic oxidation sites excluding steroid dienone is 1. The summed E-state index contributed by atoms with van der Waals surface area (Å²) < 4.78 is 5.16. The van der Waals surface area contributed by atoms with Crippen molar-refractivity contribution in [2.75, 3.05) is 12.4 Å². The summed E-state index contributed by atoms with van der Waals surface area (Å²) in [5.74, 6) is 1.04. The second-order valence-electron chi connectivity index (χ2n) is 6.09. The number of ether oxygens (including phenoxy) is 1. The van der Waals surface area contributed by atoms with E-state index in [9.17, 15) is 4.79 Å². The van der Waals surface area contributed by atoms with Crippen molar-refractivity contribution >= 4 is 21.8 Å². The molecule has 1 aliphatic rings. The molecule has 0 spiro atoms. The van der Waals surface area contributed by atoms with Crippen molar-refractivity contribution in [3.63, 3.8) is 0 Å². The maximum atomic E-state index is 12.4. The number of alkyl halides is 1. The van der Waals surface area contributed by atoms with E-state index in [1.807, 2.05) is 43.0 Å². The Hall–Kier alpha value is -1.29. The number of hydrogen-bond acceptors (Lipinski definition) is 2. The molecule has 114 valence electrons. The van der Waals surface area contributed by atoms with E-state index in [2.05, 4.69) is 28.9 Å². The Morgan fingerprint density at radius 3 is 2.52 bits per heavy atom. The van der Waals surface area contributed by atoms with Crippen LogP contribution in [0.25, 0.3) is 0 Å². The summed E-state index contributed by atoms with van der Waals surface area (Å²) in [4.78, 5) is 14.3. The SMILES string of the molecule is COc1ccc(CN2C(=O)C(C)(C)C2/C=C(\C)CBr)cc1. The fourth-order valence-corrected chi connectivity index (χ4v) is 2.84. The summed E-state index contributed by atoms with van der Waals surface area (Å²) in [5, 5.41) is 0.837. The molecular formula is C17H22BrNO2. The monoisotopic (exact) mass is 351 g/mol. The number of β-lactam (4-membered cyclic amide) rings is 1. The van der Waals surface area contributed by atoms with Gasteiger partial charge in [0, 0.05) is 11.9 Å². The maximum Gasteiger partial charge on any atom is 0.231 e. The molecule has 0 aliphatic carbocycles. The summed E-state index contributed by atoms with van der Waals surface area (Å²) in [7, 11) is 1.65. The van der Waals surface area contributed by atoms with Crippen LogP contribution in [0, 0.1) is 5.41 Å². The second-order valence-corrected chi connectivity index (χ2v) is 6.66. The minimum atomic E-state index is -0.310. The first-order chi connectivity index (χ1) is 9.90. The Kier molecular flexibility index (Phi) is 4.77. The molecule has 1 aliphatic heterocycles. The van der Waals surface area contributed by atoms with E-state index in [-0.39, 0.29) is 17.4 Å². The number of amides is 1. The number of likely N-dealkylation sites (tertiary alicyclic amines) is 1. The number of carbonyl (C=O) groups excluding carboxylic acids is 1. The molecule has 0 bridgehead atoms. The second kappa shape index (κ2) is 6.22. The zero-order valence-corrected chi connectivity index (χ0v) is 14.6. The van der Waals surface area contributed by atoms with Gasteiger partial charge in [0.1, 0.15) is 5.75 Å². The Bertz CT molecular complexity index is 548. The van der Waals surface area contributed by atoms with Gasteiger partial charge in [0.25, 0.3) is 0 Å². The Morgan fingerprint density at radius 1 is 1.38 bits per heavy atom. The van der Waals surface area contributed by atoms with Crippen LogP contribution < -0.4 is 4.74 Å². The first kappa shape index (κ1) is 16.1. The lowest BCUT2D eigenvalue weighted by Gasteiger charge is -2.52. The van der Waals surface area contributed by atoms with Crippen molar-refractivity contribution in [2.24, 2.45) is 5.41 Å². The van der Waals surface area contributed by atoms with E-state index in [0.29, 0.717) is 6.54 Å². The van der Waals surface area contributed by atoms with Crippen LogP contribution in [0.4, 0.5) is 0 Å². The standard InChI is InChI=1S/C17H22BrNO2/c1-12(10-18)9-15-17(2,3)16(20)19(15)11-13-5-7-14(21-4)8-6-13/h5-9,15H,10-11H2,1-4H3/b12-9+. The molecule has 0 N–H and O–H groups in total. The van der Waals surface area contributed by atoms with Crippen LogP contribution in [-0.4, -0.2) is 29.3 Å². The van der Waals surface area contributed by atoms with Gasteiger partial charge in [-0.2, -0.15) is 0 Å². The topological polar surface area (TPSA) is 29.5 Å². The summed E-state index contributed by atoms with van der Waals surface area (Å²) >= 11 is 3.47. The van der Waals surface area contributed by atoms with Gasteiger partial charge in [-0.05, 0) is 38.5 Å². The molecule has 1 fully saturated rings. The molecule has 1 amide bonds. The van der Waals surface area contributed by atoms with E-state index in [1.165, 1.54) is 5.57 Å². The van der Waals surface area contributed by atoms with Crippen molar-refractivity contribution < 1.29 is 9.53 Å². The molecule has 4 heteroatoms. The smallest absolute Gasteiger partial charge is 0.231 e. The van der Waals surface area contributed by atoms with E-state index in [1.54, 1.807) is 7.11 Å². The van der Waals surface area contributed by atoms with Gasteiger partial charge in [-0.1, -0.05) is 39.7 Å². The molecular weight excluding hydrogens is 330 g/mol. The molecule has 1 saturated heterocycles. The number of hydrogen-bond donors (Lipinski definition) is 0. The lowest BCUT2D eigenvalue weighted by molar-refractivity contribution is -0.164. The third kappa shape index (κ3) is 3.15. The summed E-state index contributed by atoms with van der Waals surface area (Å²) in [6.07, 6.45) is 2.19. The fraction of sp³-hybridized carbons (Fsp3) is 0.471. The predicted molar refractivity (Wildman–Crippen MR) is 88.7 cm³/mol. The van der Waals surface area contributed by atoms with E-state index >= 15 is 0 Å². The average Bonchev–Trinajstić information content (AvgIpc) is 2.50. The highest BCUT2D eigenvalue weighted by molar-refractivity contribution is 9.09. The van der Waals surface area contributed by atoms with Crippen molar-refractivity contribution in [2.45, 2.75) is 33.4 Å². The molecule has 1 aromatic carbocycles. The number of methoxy groups -OCH3 is 1. The zero-order valence-electron chi connectivity index (χ0n) is 13.0. The summed E-state index contributed by atoms with van der Waals surface area (Å²) in [5.41, 5.74) is 2.06. The first-order valence-electron chi connectivity index (χ1n) is 7.07. The average molecular weight is 352 g/mol. The summed E-state index contributed by atoms with van der Waals surface area (Å²) in [6, 6.07) is 8.04. The number of halogens is 1. The molecule has 1 atom stereocenters. The molecule has 1 heterocycles. The minimum absolute atomic E-state index is 0.157. The molecule has 0 radical (unpaired) electrons. The van der Waals surface area contributed by atoms with Crippen LogP contribution in [0.5, 0.6) is 5.75 Å². The van der Waals surface area contributed by atoms with E-state index < -0.39 is 0 Å². The fourth-order valence-electron chi connectivity index (χ4n) is 2.66. The molecule has 0 aromatic heterocycles. The van der Waals surface area contributed by atoms with Gasteiger partial charge in [-0.15, -0.1) is 0 Å². The zero-order chi connectivity index (χ0) is 15.6. The Morgan fingerprint density at radius 2 is 2.00 bits per heavy atom. The van der Waals surface area contributed by atoms with Gasteiger partial charge < -0.3 is 9.64 Å². The van der Waals surface area contributed by atoms with Crippen molar-refractivity contribution in [1.82, 2.24) is 4.90 Å². The highest BCUT2D eigenvalue weighted by Gasteiger charge is 2.52. The Balaban J connectivity index is 2.15. The normalized spacial score (nSPS) is 21.2. The van der Waals surface area contributed by atoms with Crippen molar-refractivity contribution in [3.05, 3.63) is 41.5 Å². The van der Waals surface area contributed by atoms with Crippen LogP contribution in [0.1, 0.15) is 26.3 Å². The minimum Gasteiger partial charge on any atom is -0.497 e. The van der Waals surface area contributed by atoms with E-state index in [4.69, 9.17) is 4.74 Å². The number of nitrogens with zero attached hydrogens (tertiary/aromatic N) is 1. The highest BCUT2D eigenvalue weighted by Crippen LogP contribution is 2.41. The quantitative estimate of drug-likeness (QED) is 0.459. The molecule has 1 aromatic rings. The molecule has 0 saturated carbocycles. The van der Waals surface area contributed by atoms with Crippen LogP contribution >= 0.6 is 15.9 Å². The molecule has 21 heavy (non-hydrogen) atoms. The molecule has 1 unspecified atom stereocenters. The number of rotatable bonds is 5. The summed E-state index contributed by atoms with van der Waals surface area (Å²) in [6.45, 7) is 6.76. The van der Waals surface area contributed by atoms with Gasteiger partial charge in [-0.25, -0.2) is 0 Å². The molecule has 2 rings (SSSR count). The lowest BCUT2D eigenvalue weighted by atomic mass is 9.73. The lowest BCUT2D eigenvalue weighted by Crippen LogP contribution is -2.65. The van der Waals surface area contributed by atoms with Crippen LogP contribution in [-0.2, 0) is 11.3 Å². The van der Waals surface area contributed by atoms with Gasteiger partial charge in [0.2, 0.25) is 5.91 Å². The predicted octanol–water partition coefficient (Wildman–Crippen LogP) is 3.77. The van der Waals surface area contributed by atoms with Gasteiger partial charge >= 0.3 is 0 Å². The van der Waals surface area contributed by atoms with Gasteiger partial charge in [0.05, 0.1) is 18.6 Å². The van der Waals surface area contributed by atoms with Crippen LogP contribution in [0.2, 0.25) is 0 Å². The Labute approximate surface area is 135 Å². The van der Waals surface area contributed by atoms with Crippen molar-refractivity contribution in [1.29, 1.82) is 0 Å². The highest BCUT2D eigenvalue weighted by atomic mass is 79.9. The van der Waals surface area contributed by atoms with Crippen molar-refractivity contribution in [3.8, 4) is 5.75 Å². The first-order valence-corrected chi connectivity index (χ1v) is 8.19. The number of benzene rings is 1. The van der Waals surface area contributed by atoms with Crippen LogP contribution in [0.15, 0.2) is 35.9 Å². The van der Waals surface area contributed by atoms with Gasteiger partial charge in [-0.3, -0.25) is 4.79 Å². The largest absolute Gasteiger partial charge is 0.497 e. The number of carbonyl (C=O) groups is 1. The van der Waals surface area contributed by atoms with Gasteiger partial charge in [0.15, 0.2) is 0 Å². The third-order valence-corrected chi connectivity index (χ3v) is 4.94. The maximum absolute atomic E-state index is 12.4. The van der Waals surface area contributed by atoms with Crippen LogP contribution in [0.3, 0.4) is 0 Å².